The van der Waals surface area contributed by atoms with E-state index in [0.29, 0.717) is 19.0 Å². The maximum atomic E-state index is 11.6. The van der Waals surface area contributed by atoms with Gasteiger partial charge in [0.2, 0.25) is 0 Å². The number of nitrogens with zero attached hydrogens (tertiary/aromatic N) is 2. The molecule has 0 radical (unpaired) electrons. The van der Waals surface area contributed by atoms with Gasteiger partial charge in [-0.3, -0.25) is 4.55 Å². The molecule has 8 nitrogen and oxygen atoms in total. The molecule has 1 aromatic carbocycles. The number of benzene rings is 1. The van der Waals surface area contributed by atoms with Crippen LogP contribution in [0.15, 0.2) is 28.1 Å². The number of quaternary nitrogens is 1. The van der Waals surface area contributed by atoms with Crippen molar-refractivity contribution in [3.8, 4) is 0 Å². The molecule has 1 unspecified atom stereocenters. The van der Waals surface area contributed by atoms with Gasteiger partial charge in [0.15, 0.2) is 10.6 Å². The summed E-state index contributed by atoms with van der Waals surface area (Å²) in [5, 5.41) is 11.8. The molecule has 1 aliphatic heterocycles. The summed E-state index contributed by atoms with van der Waals surface area (Å²) in [4.78, 5) is 3.98. The number of aliphatic hydroxyl groups is 1. The molecule has 1 aliphatic rings. The Hall–Kier alpha value is -1.52. The molecule has 0 spiro atoms. The Morgan fingerprint density at radius 1 is 1.48 bits per heavy atom. The average Bonchev–Trinajstić information content (AvgIpc) is 2.77. The molecule has 1 aromatic rings. The summed E-state index contributed by atoms with van der Waals surface area (Å²) >= 11 is 0. The van der Waals surface area contributed by atoms with Gasteiger partial charge in [-0.1, -0.05) is 6.07 Å². The normalized spacial score (nSPS) is 22.2. The third kappa shape index (κ3) is 3.06. The van der Waals surface area contributed by atoms with E-state index in [2.05, 4.69) is 10.3 Å². The third-order valence-electron chi connectivity index (χ3n) is 3.31. The summed E-state index contributed by atoms with van der Waals surface area (Å²) < 4.78 is 32.2. The fourth-order valence-electron chi connectivity index (χ4n) is 2.30. The number of nitrogens with two attached hydrogens (primary N) is 1. The Morgan fingerprint density at radius 2 is 2.19 bits per heavy atom. The number of aliphatic imine (C=N–C) groups is 1. The largest absolute Gasteiger partial charge is 0.395 e. The smallest absolute Gasteiger partial charge is 0.323 e. The van der Waals surface area contributed by atoms with Gasteiger partial charge < -0.3 is 10.4 Å². The standard InChI is InChI=1S/C12H18N4O4S/c1-9-2-3-11(21(18,19)20)10(8-9)16(13)6-4-14-12(16)15-5-7-17/h2-3,8,17H,4-7,13H2,1H3,(H-,14,15,18,19,20)/p+1. The van der Waals surface area contributed by atoms with Crippen LogP contribution in [0.25, 0.3) is 0 Å². The molecule has 0 bridgehead atoms. The minimum absolute atomic E-state index is 0.0992. The van der Waals surface area contributed by atoms with Crippen LogP contribution < -0.4 is 15.8 Å². The highest BCUT2D eigenvalue weighted by molar-refractivity contribution is 7.86. The fraction of sp³-hybridized carbons (Fsp3) is 0.417. The monoisotopic (exact) mass is 315 g/mol. The van der Waals surface area contributed by atoms with E-state index in [4.69, 9.17) is 10.9 Å². The summed E-state index contributed by atoms with van der Waals surface area (Å²) in [6, 6.07) is 4.53. The van der Waals surface area contributed by atoms with Crippen molar-refractivity contribution in [1.29, 1.82) is 0 Å². The van der Waals surface area contributed by atoms with Crippen LogP contribution in [-0.2, 0) is 10.1 Å². The highest BCUT2D eigenvalue weighted by atomic mass is 32.2. The van der Waals surface area contributed by atoms with E-state index < -0.39 is 10.1 Å². The summed E-state index contributed by atoms with van der Waals surface area (Å²) in [5.41, 5.74) is 1.06. The van der Waals surface area contributed by atoms with Gasteiger partial charge in [0.05, 0.1) is 13.2 Å². The average molecular weight is 315 g/mol. The number of hydrogen-bond donors (Lipinski definition) is 4. The van der Waals surface area contributed by atoms with Crippen molar-refractivity contribution >= 4 is 21.8 Å². The van der Waals surface area contributed by atoms with Crippen LogP contribution in [0.5, 0.6) is 0 Å². The van der Waals surface area contributed by atoms with E-state index in [1.807, 2.05) is 0 Å². The molecule has 0 aliphatic carbocycles. The first-order valence-corrected chi connectivity index (χ1v) is 7.88. The Morgan fingerprint density at radius 3 is 2.81 bits per heavy atom. The van der Waals surface area contributed by atoms with Gasteiger partial charge in [-0.15, -0.1) is 0 Å². The zero-order chi connectivity index (χ0) is 15.7. The number of hydrogen-bond acceptors (Lipinski definition) is 6. The molecule has 0 aromatic heterocycles. The minimum Gasteiger partial charge on any atom is -0.395 e. The molecule has 0 saturated carbocycles. The van der Waals surface area contributed by atoms with Crippen molar-refractivity contribution in [2.24, 2.45) is 10.8 Å². The van der Waals surface area contributed by atoms with E-state index in [-0.39, 0.29) is 28.3 Å². The molecule has 1 heterocycles. The van der Waals surface area contributed by atoms with E-state index in [9.17, 15) is 13.0 Å². The lowest BCUT2D eigenvalue weighted by Crippen LogP contribution is -2.63. The quantitative estimate of drug-likeness (QED) is 0.333. The number of aryl methyl sites for hydroxylation is 1. The van der Waals surface area contributed by atoms with E-state index >= 15 is 0 Å². The molecule has 0 saturated heterocycles. The van der Waals surface area contributed by atoms with Gasteiger partial charge in [-0.25, -0.2) is 4.99 Å². The topological polar surface area (TPSA) is 125 Å². The first kappa shape index (κ1) is 15.9. The lowest BCUT2D eigenvalue weighted by Gasteiger charge is -2.29. The van der Waals surface area contributed by atoms with Crippen molar-refractivity contribution in [3.05, 3.63) is 23.8 Å². The summed E-state index contributed by atoms with van der Waals surface area (Å²) in [6.07, 6.45) is 0. The van der Waals surface area contributed by atoms with Crippen LogP contribution >= 0.6 is 0 Å². The Balaban J connectivity index is 2.54. The van der Waals surface area contributed by atoms with Crippen LogP contribution in [0, 0.1) is 6.92 Å². The van der Waals surface area contributed by atoms with Crippen LogP contribution in [0.1, 0.15) is 5.56 Å². The lowest BCUT2D eigenvalue weighted by molar-refractivity contribution is 0.297. The van der Waals surface area contributed by atoms with Crippen molar-refractivity contribution in [1.82, 2.24) is 9.91 Å². The van der Waals surface area contributed by atoms with Crippen molar-refractivity contribution in [3.63, 3.8) is 0 Å². The maximum absolute atomic E-state index is 11.6. The van der Waals surface area contributed by atoms with Crippen molar-refractivity contribution in [2.45, 2.75) is 11.8 Å². The predicted molar refractivity (Wildman–Crippen MR) is 79.2 cm³/mol. The van der Waals surface area contributed by atoms with Crippen LogP contribution in [0.3, 0.4) is 0 Å². The van der Waals surface area contributed by atoms with Crippen LogP contribution in [0.2, 0.25) is 0 Å². The lowest BCUT2D eigenvalue weighted by atomic mass is 10.2. The van der Waals surface area contributed by atoms with E-state index in [0.717, 1.165) is 5.56 Å². The molecular weight excluding hydrogens is 296 g/mol. The third-order valence-corrected chi connectivity index (χ3v) is 4.21. The second-order valence-electron chi connectivity index (χ2n) is 4.89. The molecule has 5 N–H and O–H groups in total. The number of guanidine groups is 1. The maximum Gasteiger partial charge on any atom is 0.323 e. The van der Waals surface area contributed by atoms with Gasteiger partial charge in [0.25, 0.3) is 0 Å². The van der Waals surface area contributed by atoms with Gasteiger partial charge in [0, 0.05) is 12.6 Å². The number of aliphatic hydroxyl groups excluding tert-OH is 1. The van der Waals surface area contributed by atoms with Gasteiger partial charge in [-0.05, 0) is 18.6 Å². The van der Waals surface area contributed by atoms with E-state index in [1.165, 1.54) is 6.07 Å². The van der Waals surface area contributed by atoms with Gasteiger partial charge in [-0.2, -0.15) is 18.9 Å². The molecule has 2 rings (SSSR count). The first-order chi connectivity index (χ1) is 9.79. The second kappa shape index (κ2) is 5.70. The highest BCUT2D eigenvalue weighted by Crippen LogP contribution is 2.31. The van der Waals surface area contributed by atoms with Crippen LogP contribution in [0.4, 0.5) is 5.69 Å². The van der Waals surface area contributed by atoms with Gasteiger partial charge in [0.1, 0.15) is 6.54 Å². The second-order valence-corrected chi connectivity index (χ2v) is 6.28. The zero-order valence-corrected chi connectivity index (χ0v) is 12.5. The van der Waals surface area contributed by atoms with Gasteiger partial charge >= 0.3 is 16.1 Å². The summed E-state index contributed by atoms with van der Waals surface area (Å²) in [7, 11) is -4.40. The Labute approximate surface area is 123 Å². The molecule has 9 heteroatoms. The van der Waals surface area contributed by atoms with Crippen LogP contribution in [-0.4, -0.2) is 50.3 Å². The van der Waals surface area contributed by atoms with Crippen molar-refractivity contribution < 1.29 is 18.1 Å². The predicted octanol–water partition coefficient (Wildman–Crippen LogP) is -0.626. The highest BCUT2D eigenvalue weighted by Gasteiger charge is 2.42. The molecule has 116 valence electrons. The summed E-state index contributed by atoms with van der Waals surface area (Å²) in [6.45, 7) is 2.74. The summed E-state index contributed by atoms with van der Waals surface area (Å²) in [5.74, 6) is 6.68. The molecular formula is C12H19N4O4S+. The molecule has 1 atom stereocenters. The number of rotatable bonds is 4. The minimum atomic E-state index is -4.40. The fourth-order valence-corrected chi connectivity index (χ4v) is 3.03. The molecule has 21 heavy (non-hydrogen) atoms. The Bertz CT molecular complexity index is 674. The SMILES string of the molecule is Cc1ccc(S(=O)(=O)O)c([N+]2(N)CCN=C2NCCO)c1. The Kier molecular flexibility index (Phi) is 4.30. The molecule has 0 amide bonds. The zero-order valence-electron chi connectivity index (χ0n) is 11.7. The van der Waals surface area contributed by atoms with Crippen molar-refractivity contribution in [2.75, 3.05) is 26.2 Å². The number of nitrogens with one attached hydrogen (secondary N) is 1. The van der Waals surface area contributed by atoms with E-state index in [1.54, 1.807) is 19.1 Å². The molecule has 0 fully saturated rings. The first-order valence-electron chi connectivity index (χ1n) is 6.44.